The summed E-state index contributed by atoms with van der Waals surface area (Å²) in [5.74, 6) is 4.41. The van der Waals surface area contributed by atoms with Crippen molar-refractivity contribution >= 4 is 63.9 Å². The van der Waals surface area contributed by atoms with E-state index in [4.69, 9.17) is 36.8 Å². The van der Waals surface area contributed by atoms with Crippen LogP contribution in [0.3, 0.4) is 0 Å². The normalized spacial score (nSPS) is 14.7. The number of amides is 1. The number of nitrogens with zero attached hydrogens (tertiary/aromatic N) is 3. The van der Waals surface area contributed by atoms with Gasteiger partial charge in [-0.15, -0.1) is 0 Å². The van der Waals surface area contributed by atoms with E-state index in [2.05, 4.69) is 31.5 Å². The van der Waals surface area contributed by atoms with Gasteiger partial charge < -0.3 is 18.7 Å². The highest BCUT2D eigenvalue weighted by Gasteiger charge is 2.56. The molecular formula is C22H14Cl2N4O6S. The van der Waals surface area contributed by atoms with Crippen LogP contribution in [0, 0.1) is 11.8 Å². The standard InChI is InChI=1S/C22H14Cl2N4O6S/c1-10(11-4-2-3-5-12(11)23)32-21(31)26-15-13(28-35-16(15)24)6-7-14-25-17-18(33-14)34-19(27-17)22(8-9-22)20(29)30/h2-5,10H,8-9H2,1H3,(H,26,31)(H,29,30). The summed E-state index contributed by atoms with van der Waals surface area (Å²) in [5, 5.41) is 12.4. The highest BCUT2D eigenvalue weighted by molar-refractivity contribution is 7.11. The second-order valence-electron chi connectivity index (χ2n) is 7.66. The van der Waals surface area contributed by atoms with Crippen LogP contribution in [-0.2, 0) is 14.9 Å². The van der Waals surface area contributed by atoms with Crippen LogP contribution < -0.4 is 5.32 Å². The van der Waals surface area contributed by atoms with Crippen LogP contribution in [0.5, 0.6) is 0 Å². The molecule has 0 spiro atoms. The molecule has 4 aromatic rings. The van der Waals surface area contributed by atoms with Crippen LogP contribution >= 0.6 is 34.7 Å². The van der Waals surface area contributed by atoms with E-state index in [1.807, 2.05) is 0 Å². The van der Waals surface area contributed by atoms with Gasteiger partial charge in [-0.25, -0.2) is 4.79 Å². The fraction of sp³-hybridized carbons (Fsp3) is 0.227. The Morgan fingerprint density at radius 3 is 2.69 bits per heavy atom. The number of hydrogen-bond acceptors (Lipinski definition) is 9. The third-order valence-corrected chi connectivity index (χ3v) is 6.72. The van der Waals surface area contributed by atoms with E-state index in [-0.39, 0.29) is 38.9 Å². The number of aromatic nitrogens is 3. The maximum Gasteiger partial charge on any atom is 0.412 e. The summed E-state index contributed by atoms with van der Waals surface area (Å²) < 4.78 is 20.6. The van der Waals surface area contributed by atoms with Crippen molar-refractivity contribution in [2.45, 2.75) is 31.3 Å². The Hall–Kier alpha value is -3.59. The van der Waals surface area contributed by atoms with E-state index in [0.29, 0.717) is 23.4 Å². The van der Waals surface area contributed by atoms with Gasteiger partial charge in [0.25, 0.3) is 5.89 Å². The van der Waals surface area contributed by atoms with Crippen LogP contribution in [0.4, 0.5) is 10.5 Å². The molecule has 1 saturated carbocycles. The highest BCUT2D eigenvalue weighted by Crippen LogP contribution is 2.48. The summed E-state index contributed by atoms with van der Waals surface area (Å²) in [6.07, 6.45) is -0.490. The van der Waals surface area contributed by atoms with E-state index in [0.717, 1.165) is 11.5 Å². The van der Waals surface area contributed by atoms with Gasteiger partial charge in [-0.2, -0.15) is 14.3 Å². The first-order valence-electron chi connectivity index (χ1n) is 10.2. The Labute approximate surface area is 211 Å². The fourth-order valence-corrected chi connectivity index (χ4v) is 4.36. The predicted molar refractivity (Wildman–Crippen MR) is 126 cm³/mol. The molecule has 10 nitrogen and oxygen atoms in total. The number of carbonyl (C=O) groups excluding carboxylic acids is 1. The van der Waals surface area contributed by atoms with Crippen molar-refractivity contribution in [2.24, 2.45) is 0 Å². The molecule has 1 aliphatic carbocycles. The summed E-state index contributed by atoms with van der Waals surface area (Å²) in [6, 6.07) is 7.03. The largest absolute Gasteiger partial charge is 0.480 e. The van der Waals surface area contributed by atoms with Crippen molar-refractivity contribution in [1.29, 1.82) is 0 Å². The first kappa shape index (κ1) is 23.2. The zero-order chi connectivity index (χ0) is 24.7. The van der Waals surface area contributed by atoms with Crippen molar-refractivity contribution < 1.29 is 28.3 Å². The molecule has 3 aromatic heterocycles. The molecule has 13 heteroatoms. The minimum absolute atomic E-state index is 0.0244. The molecular weight excluding hydrogens is 519 g/mol. The molecule has 0 saturated heterocycles. The van der Waals surface area contributed by atoms with Gasteiger partial charge in [0.1, 0.15) is 21.5 Å². The Morgan fingerprint density at radius 2 is 2.00 bits per heavy atom. The fourth-order valence-electron chi connectivity index (χ4n) is 3.28. The van der Waals surface area contributed by atoms with Gasteiger partial charge in [0.2, 0.25) is 11.5 Å². The number of carboxylic acid groups (broad SMARTS) is 1. The number of fused-ring (bicyclic) bond motifs is 1. The van der Waals surface area contributed by atoms with Gasteiger partial charge in [-0.1, -0.05) is 41.4 Å². The molecule has 1 unspecified atom stereocenters. The summed E-state index contributed by atoms with van der Waals surface area (Å²) in [6.45, 7) is 1.69. The van der Waals surface area contributed by atoms with Crippen LogP contribution in [0.15, 0.2) is 33.1 Å². The quantitative estimate of drug-likeness (QED) is 0.323. The molecule has 0 radical (unpaired) electrons. The molecule has 1 aromatic carbocycles. The number of carbonyl (C=O) groups is 2. The monoisotopic (exact) mass is 532 g/mol. The van der Waals surface area contributed by atoms with E-state index in [1.165, 1.54) is 0 Å². The lowest BCUT2D eigenvalue weighted by atomic mass is 10.1. The number of rotatable bonds is 5. The van der Waals surface area contributed by atoms with Gasteiger partial charge in [0.05, 0.1) is 0 Å². The third kappa shape index (κ3) is 4.43. The van der Waals surface area contributed by atoms with E-state index >= 15 is 0 Å². The summed E-state index contributed by atoms with van der Waals surface area (Å²) in [7, 11) is 0. The van der Waals surface area contributed by atoms with Gasteiger partial charge in [-0.05, 0) is 43.3 Å². The predicted octanol–water partition coefficient (Wildman–Crippen LogP) is 5.40. The van der Waals surface area contributed by atoms with Crippen LogP contribution in [-0.4, -0.2) is 31.5 Å². The summed E-state index contributed by atoms with van der Waals surface area (Å²) in [4.78, 5) is 32.1. The van der Waals surface area contributed by atoms with Crippen LogP contribution in [0.25, 0.3) is 11.4 Å². The number of halogens is 2. The van der Waals surface area contributed by atoms with Crippen molar-refractivity contribution in [3.8, 4) is 11.8 Å². The highest BCUT2D eigenvalue weighted by atomic mass is 35.5. The minimum Gasteiger partial charge on any atom is -0.480 e. The molecule has 1 amide bonds. The average molecular weight is 533 g/mol. The average Bonchev–Trinajstić information content (AvgIpc) is 3.25. The molecule has 1 aliphatic rings. The molecule has 5 rings (SSSR count). The van der Waals surface area contributed by atoms with Crippen LogP contribution in [0.1, 0.15) is 48.9 Å². The zero-order valence-corrected chi connectivity index (χ0v) is 20.1. The van der Waals surface area contributed by atoms with E-state index in [1.54, 1.807) is 31.2 Å². The lowest BCUT2D eigenvalue weighted by Gasteiger charge is -2.15. The first-order valence-corrected chi connectivity index (χ1v) is 11.7. The first-order chi connectivity index (χ1) is 16.8. The summed E-state index contributed by atoms with van der Waals surface area (Å²) in [5.41, 5.74) is 0.00986. The number of oxazole rings is 2. The van der Waals surface area contributed by atoms with Gasteiger partial charge in [0, 0.05) is 16.5 Å². The number of ether oxygens (including phenoxy) is 1. The molecule has 2 N–H and O–H groups in total. The third-order valence-electron chi connectivity index (χ3n) is 5.34. The van der Waals surface area contributed by atoms with Crippen molar-refractivity contribution in [2.75, 3.05) is 5.32 Å². The smallest absolute Gasteiger partial charge is 0.412 e. The minimum atomic E-state index is -1.11. The topological polar surface area (TPSA) is 141 Å². The zero-order valence-electron chi connectivity index (χ0n) is 17.8. The Balaban J connectivity index is 1.30. The Morgan fingerprint density at radius 1 is 1.23 bits per heavy atom. The Bertz CT molecular complexity index is 1500. The second kappa shape index (κ2) is 8.88. The van der Waals surface area contributed by atoms with Crippen molar-refractivity contribution in [3.05, 3.63) is 56.7 Å². The van der Waals surface area contributed by atoms with E-state index < -0.39 is 23.6 Å². The molecule has 0 aliphatic heterocycles. The SMILES string of the molecule is CC(OC(=O)Nc1c(C#Cc2nc3nc(C4(C(=O)O)CC4)oc3o2)nsc1Cl)c1ccccc1Cl. The molecule has 35 heavy (non-hydrogen) atoms. The van der Waals surface area contributed by atoms with Gasteiger partial charge in [0.15, 0.2) is 5.69 Å². The molecule has 3 heterocycles. The van der Waals surface area contributed by atoms with Gasteiger partial charge >= 0.3 is 17.8 Å². The van der Waals surface area contributed by atoms with E-state index in [9.17, 15) is 14.7 Å². The lowest BCUT2D eigenvalue weighted by molar-refractivity contribution is -0.140. The number of nitrogens with one attached hydrogen (secondary N) is 1. The lowest BCUT2D eigenvalue weighted by Crippen LogP contribution is -2.19. The molecule has 1 atom stereocenters. The maximum atomic E-state index is 12.4. The number of hydrogen-bond donors (Lipinski definition) is 2. The van der Waals surface area contributed by atoms with Crippen molar-refractivity contribution in [1.82, 2.24) is 14.3 Å². The number of aliphatic carboxylic acids is 1. The molecule has 1 fully saturated rings. The second-order valence-corrected chi connectivity index (χ2v) is 9.44. The van der Waals surface area contributed by atoms with Gasteiger partial charge in [-0.3, -0.25) is 10.1 Å². The number of carboxylic acids is 1. The Kier molecular flexibility index (Phi) is 5.88. The maximum absolute atomic E-state index is 12.4. The molecule has 178 valence electrons. The number of anilines is 1. The van der Waals surface area contributed by atoms with Crippen molar-refractivity contribution in [3.63, 3.8) is 0 Å². The van der Waals surface area contributed by atoms with Crippen LogP contribution in [0.2, 0.25) is 9.36 Å². The molecule has 0 bridgehead atoms. The summed E-state index contributed by atoms with van der Waals surface area (Å²) >= 11 is 13.3. The number of benzene rings is 1.